The molecular weight excluding hydrogens is 875 g/mol. The zero-order chi connectivity index (χ0) is 51.3. The van der Waals surface area contributed by atoms with Crippen molar-refractivity contribution in [1.82, 2.24) is 0 Å². The van der Waals surface area contributed by atoms with Gasteiger partial charge in [0.1, 0.15) is 13.2 Å². The van der Waals surface area contributed by atoms with E-state index in [4.69, 9.17) is 18.9 Å². The molecule has 0 aliphatic carbocycles. The summed E-state index contributed by atoms with van der Waals surface area (Å²) in [6.45, 7) is 4.77. The molecule has 2 atom stereocenters. The number of rotatable bonds is 55. The maximum atomic E-state index is 12.9. The molecule has 0 amide bonds. The number of quaternary nitrogens is 1. The fraction of sp³-hybridized carbons (Fsp3) is 0.852. The van der Waals surface area contributed by atoms with Crippen LogP contribution in [-0.4, -0.2) is 82.3 Å². The maximum Gasteiger partial charge on any atom is 0.306 e. The zero-order valence-electron chi connectivity index (χ0n) is 46.7. The average molecular weight is 989 g/mol. The topological polar surface area (TPSA) is 111 Å². The Bertz CT molecular complexity index is 1240. The van der Waals surface area contributed by atoms with E-state index in [1.54, 1.807) is 0 Å². The average Bonchev–Trinajstić information content (AvgIpc) is 3.33. The van der Waals surface area contributed by atoms with Gasteiger partial charge in [0.15, 0.2) is 12.4 Å². The minimum Gasteiger partial charge on any atom is -0.545 e. The van der Waals surface area contributed by atoms with Crippen molar-refractivity contribution >= 4 is 17.9 Å². The molecule has 2 unspecified atom stereocenters. The Morgan fingerprint density at radius 1 is 0.429 bits per heavy atom. The van der Waals surface area contributed by atoms with Gasteiger partial charge in [-0.25, -0.2) is 0 Å². The fourth-order valence-corrected chi connectivity index (χ4v) is 8.55. The van der Waals surface area contributed by atoms with Crippen LogP contribution in [0.5, 0.6) is 0 Å². The van der Waals surface area contributed by atoms with E-state index in [0.717, 1.165) is 44.9 Å². The maximum absolute atomic E-state index is 12.9. The van der Waals surface area contributed by atoms with Crippen LogP contribution >= 0.6 is 0 Å². The number of hydrogen-bond acceptors (Lipinski definition) is 8. The number of carboxylic acid groups (broad SMARTS) is 1. The molecule has 0 spiro atoms. The van der Waals surface area contributed by atoms with Crippen LogP contribution in [0.15, 0.2) is 36.5 Å². The summed E-state index contributed by atoms with van der Waals surface area (Å²) in [6, 6.07) is 0. The highest BCUT2D eigenvalue weighted by molar-refractivity contribution is 5.70. The van der Waals surface area contributed by atoms with Gasteiger partial charge in [-0.1, -0.05) is 249 Å². The van der Waals surface area contributed by atoms with Crippen molar-refractivity contribution in [3.8, 4) is 0 Å². The third kappa shape index (κ3) is 53.3. The Kier molecular flexibility index (Phi) is 50.9. The highest BCUT2D eigenvalue weighted by Crippen LogP contribution is 2.17. The summed E-state index contributed by atoms with van der Waals surface area (Å²) in [5.41, 5.74) is 0. The number of unbranched alkanes of at least 4 members (excludes halogenated alkanes) is 34. The summed E-state index contributed by atoms with van der Waals surface area (Å²) in [7, 11) is 5.93. The minimum atomic E-state index is -1.62. The first kappa shape index (κ1) is 67.5. The van der Waals surface area contributed by atoms with E-state index in [2.05, 4.69) is 50.3 Å². The van der Waals surface area contributed by atoms with Crippen LogP contribution in [0.4, 0.5) is 0 Å². The van der Waals surface area contributed by atoms with Gasteiger partial charge in [0, 0.05) is 12.8 Å². The Morgan fingerprint density at radius 3 is 1.14 bits per heavy atom. The van der Waals surface area contributed by atoms with Crippen LogP contribution in [-0.2, 0) is 33.3 Å². The molecule has 0 aromatic carbocycles. The number of carbonyl (C=O) groups excluding carboxylic acids is 3. The summed E-state index contributed by atoms with van der Waals surface area (Å²) in [5.74, 6) is -2.27. The third-order valence-electron chi connectivity index (χ3n) is 13.1. The monoisotopic (exact) mass is 988 g/mol. The molecule has 0 fully saturated rings. The molecule has 0 aromatic rings. The first-order valence-corrected chi connectivity index (χ1v) is 29.6. The van der Waals surface area contributed by atoms with Crippen LogP contribution in [0.25, 0.3) is 0 Å². The summed E-state index contributed by atoms with van der Waals surface area (Å²) in [6.07, 6.45) is 60.6. The zero-order valence-corrected chi connectivity index (χ0v) is 46.7. The molecule has 0 radical (unpaired) electrons. The van der Waals surface area contributed by atoms with Gasteiger partial charge in [0.25, 0.3) is 0 Å². The molecule has 0 N–H and O–H groups in total. The molecule has 9 nitrogen and oxygen atoms in total. The van der Waals surface area contributed by atoms with Gasteiger partial charge in [-0.3, -0.25) is 9.59 Å². The normalized spacial score (nSPS) is 13.0. The van der Waals surface area contributed by atoms with Crippen LogP contribution in [0, 0.1) is 0 Å². The van der Waals surface area contributed by atoms with Crippen molar-refractivity contribution in [1.29, 1.82) is 0 Å². The number of ether oxygens (including phenoxy) is 4. The van der Waals surface area contributed by atoms with Crippen LogP contribution in [0.2, 0.25) is 0 Å². The van der Waals surface area contributed by atoms with Crippen molar-refractivity contribution in [2.75, 3.05) is 47.5 Å². The minimum absolute atomic E-state index is 0.150. The van der Waals surface area contributed by atoms with E-state index in [0.29, 0.717) is 23.9 Å². The molecule has 0 saturated carbocycles. The summed E-state index contributed by atoms with van der Waals surface area (Å²) >= 11 is 0. The van der Waals surface area contributed by atoms with Crippen molar-refractivity contribution in [2.24, 2.45) is 0 Å². The molecular formula is C61H113NO8. The Morgan fingerprint density at radius 2 is 0.771 bits per heavy atom. The van der Waals surface area contributed by atoms with E-state index < -0.39 is 24.3 Å². The molecule has 0 rings (SSSR count). The van der Waals surface area contributed by atoms with Gasteiger partial charge >= 0.3 is 11.9 Å². The van der Waals surface area contributed by atoms with Crippen LogP contribution < -0.4 is 5.11 Å². The first-order valence-electron chi connectivity index (χ1n) is 29.6. The standard InChI is InChI=1S/C61H113NO8/c1-6-8-10-12-14-16-18-20-22-23-24-25-26-27-28-29-30-31-32-33-34-35-36-37-38-40-42-44-46-48-50-52-59(64)70-57(56-69-61(60(65)66)67-54-53-62(3,4)5)55-68-58(63)51-49-47-45-43-41-39-21-19-17-15-13-11-9-7-2/h18,20,23-24,26-27,57,61H,6-17,19,21-22,25,28-56H2,1-5H3/b20-18-,24-23-,27-26-. The molecule has 0 bridgehead atoms. The molecule has 0 aliphatic heterocycles. The molecule has 410 valence electrons. The highest BCUT2D eigenvalue weighted by Gasteiger charge is 2.22. The quantitative estimate of drug-likeness (QED) is 0.0195. The molecule has 0 saturated heterocycles. The molecule has 9 heteroatoms. The third-order valence-corrected chi connectivity index (χ3v) is 13.1. The summed E-state index contributed by atoms with van der Waals surface area (Å²) in [5, 5.41) is 11.8. The SMILES string of the molecule is CCCCCCC/C=C\C/C=C\C/C=C\CCCCCCCCCCCCCCCCCCC(=O)OC(COC(=O)CCCCCCCCCCCCCCCC)COC(OCC[N+](C)(C)C)C(=O)[O-]. The van der Waals surface area contributed by atoms with Crippen LogP contribution in [0.3, 0.4) is 0 Å². The van der Waals surface area contributed by atoms with E-state index in [1.165, 1.54) is 199 Å². The number of hydrogen-bond donors (Lipinski definition) is 0. The second-order valence-electron chi connectivity index (χ2n) is 21.3. The fourth-order valence-electron chi connectivity index (χ4n) is 8.55. The number of allylic oxidation sites excluding steroid dienone is 6. The lowest BCUT2D eigenvalue weighted by Crippen LogP contribution is -2.44. The van der Waals surface area contributed by atoms with Crippen molar-refractivity contribution in [2.45, 2.75) is 289 Å². The predicted molar refractivity (Wildman–Crippen MR) is 293 cm³/mol. The van der Waals surface area contributed by atoms with Gasteiger partial charge in [-0.05, 0) is 51.4 Å². The van der Waals surface area contributed by atoms with Gasteiger partial charge in [-0.15, -0.1) is 0 Å². The lowest BCUT2D eigenvalue weighted by atomic mass is 10.0. The predicted octanol–water partition coefficient (Wildman–Crippen LogP) is 16.0. The lowest BCUT2D eigenvalue weighted by Gasteiger charge is -2.26. The first-order chi connectivity index (χ1) is 34.1. The van der Waals surface area contributed by atoms with Gasteiger partial charge < -0.3 is 33.3 Å². The van der Waals surface area contributed by atoms with Crippen molar-refractivity contribution in [3.05, 3.63) is 36.5 Å². The Labute approximate surface area is 432 Å². The van der Waals surface area contributed by atoms with E-state index in [1.807, 2.05) is 21.1 Å². The number of nitrogens with zero attached hydrogens (tertiary/aromatic N) is 1. The molecule has 70 heavy (non-hydrogen) atoms. The van der Waals surface area contributed by atoms with E-state index in [-0.39, 0.29) is 32.2 Å². The number of carbonyl (C=O) groups is 3. The number of aliphatic carboxylic acids is 1. The Balaban J connectivity index is 4.11. The Hall–Kier alpha value is -2.49. The summed E-state index contributed by atoms with van der Waals surface area (Å²) < 4.78 is 22.7. The van der Waals surface area contributed by atoms with Gasteiger partial charge in [0.2, 0.25) is 0 Å². The number of likely N-dealkylation sites (N-methyl/N-ethyl adjacent to an activating group) is 1. The number of esters is 2. The smallest absolute Gasteiger partial charge is 0.306 e. The molecule has 0 aromatic heterocycles. The highest BCUT2D eigenvalue weighted by atomic mass is 16.7. The summed E-state index contributed by atoms with van der Waals surface area (Å²) in [4.78, 5) is 37.2. The second kappa shape index (κ2) is 52.8. The van der Waals surface area contributed by atoms with Crippen molar-refractivity contribution < 1.29 is 42.9 Å². The van der Waals surface area contributed by atoms with Gasteiger partial charge in [-0.2, -0.15) is 0 Å². The second-order valence-corrected chi connectivity index (χ2v) is 21.3. The molecule has 0 heterocycles. The molecule has 0 aliphatic rings. The van der Waals surface area contributed by atoms with Crippen LogP contribution in [0.1, 0.15) is 277 Å². The number of carboxylic acids is 1. The van der Waals surface area contributed by atoms with Gasteiger partial charge in [0.05, 0.1) is 40.3 Å². The van der Waals surface area contributed by atoms with E-state index in [9.17, 15) is 19.5 Å². The lowest BCUT2D eigenvalue weighted by molar-refractivity contribution is -0.870. The van der Waals surface area contributed by atoms with E-state index >= 15 is 0 Å². The largest absolute Gasteiger partial charge is 0.545 e. The van der Waals surface area contributed by atoms with Crippen molar-refractivity contribution in [3.63, 3.8) is 0 Å².